The van der Waals surface area contributed by atoms with E-state index in [0.717, 1.165) is 0 Å². The third kappa shape index (κ3) is 3.03. The van der Waals surface area contributed by atoms with E-state index in [1.807, 2.05) is 0 Å². The van der Waals surface area contributed by atoms with E-state index in [9.17, 15) is 18.0 Å². The number of nitrogens with one attached hydrogen (secondary N) is 3. The smallest absolute Gasteiger partial charge is 0.314 e. The number of sulfonamides is 1. The Labute approximate surface area is 145 Å². The highest BCUT2D eigenvalue weighted by Crippen LogP contribution is 2.31. The third-order valence-electron chi connectivity index (χ3n) is 3.20. The highest BCUT2D eigenvalue weighted by molar-refractivity contribution is 7.92. The van der Waals surface area contributed by atoms with Crippen molar-refractivity contribution >= 4 is 49.9 Å². The van der Waals surface area contributed by atoms with Crippen LogP contribution in [0.25, 0.3) is 11.0 Å². The van der Waals surface area contributed by atoms with Crippen molar-refractivity contribution < 1.29 is 8.42 Å². The fourth-order valence-electron chi connectivity index (χ4n) is 2.05. The van der Waals surface area contributed by atoms with Gasteiger partial charge in [-0.3, -0.25) is 14.3 Å². The molecule has 0 aliphatic rings. The highest BCUT2D eigenvalue weighted by atomic mass is 35.5. The molecule has 24 heavy (non-hydrogen) atoms. The first-order valence-electron chi connectivity index (χ1n) is 6.51. The van der Waals surface area contributed by atoms with E-state index in [4.69, 9.17) is 23.2 Å². The first-order chi connectivity index (χ1) is 11.3. The van der Waals surface area contributed by atoms with Crippen LogP contribution in [0.5, 0.6) is 0 Å². The monoisotopic (exact) mass is 385 g/mol. The number of hydrogen-bond acceptors (Lipinski definition) is 4. The predicted octanol–water partition coefficient (Wildman–Crippen LogP) is 2.32. The molecule has 0 aliphatic heterocycles. The summed E-state index contributed by atoms with van der Waals surface area (Å²) in [6.45, 7) is 0. The Morgan fingerprint density at radius 1 is 0.917 bits per heavy atom. The summed E-state index contributed by atoms with van der Waals surface area (Å²) < 4.78 is 27.3. The van der Waals surface area contributed by atoms with Gasteiger partial charge in [-0.15, -0.1) is 0 Å². The van der Waals surface area contributed by atoms with Crippen molar-refractivity contribution in [1.29, 1.82) is 0 Å². The first-order valence-corrected chi connectivity index (χ1v) is 8.75. The number of hydrogen-bond donors (Lipinski definition) is 3. The van der Waals surface area contributed by atoms with Crippen molar-refractivity contribution in [2.75, 3.05) is 4.72 Å². The minimum atomic E-state index is -3.97. The van der Waals surface area contributed by atoms with Gasteiger partial charge in [0.2, 0.25) is 0 Å². The molecule has 0 saturated carbocycles. The van der Waals surface area contributed by atoms with Gasteiger partial charge in [0.25, 0.3) is 10.0 Å². The Hall–Kier alpha value is -2.29. The van der Waals surface area contributed by atoms with Gasteiger partial charge >= 0.3 is 11.1 Å². The van der Waals surface area contributed by atoms with Crippen LogP contribution in [0.15, 0.2) is 50.9 Å². The molecule has 10 heteroatoms. The van der Waals surface area contributed by atoms with Gasteiger partial charge in [0.05, 0.1) is 31.7 Å². The van der Waals surface area contributed by atoms with Gasteiger partial charge in [0, 0.05) is 0 Å². The Bertz CT molecular complexity index is 1170. The second kappa shape index (κ2) is 5.97. The van der Waals surface area contributed by atoms with Crippen molar-refractivity contribution in [3.63, 3.8) is 0 Å². The van der Waals surface area contributed by atoms with Crippen LogP contribution in [0.3, 0.4) is 0 Å². The SMILES string of the molecule is O=c1[nH]c2ccc(S(=O)(=O)Nc3cccc(Cl)c3Cl)cc2[nH]c1=O. The van der Waals surface area contributed by atoms with Gasteiger partial charge in [-0.25, -0.2) is 8.42 Å². The second-order valence-corrected chi connectivity index (χ2v) is 7.29. The molecule has 0 radical (unpaired) electrons. The number of fused-ring (bicyclic) bond motifs is 1. The molecule has 0 saturated heterocycles. The van der Waals surface area contributed by atoms with Crippen molar-refractivity contribution in [1.82, 2.24) is 9.97 Å². The lowest BCUT2D eigenvalue weighted by atomic mass is 10.3. The summed E-state index contributed by atoms with van der Waals surface area (Å²) in [7, 11) is -3.97. The van der Waals surface area contributed by atoms with Crippen LogP contribution in [0.1, 0.15) is 0 Å². The van der Waals surface area contributed by atoms with Crippen molar-refractivity contribution in [2.45, 2.75) is 4.90 Å². The first kappa shape index (κ1) is 16.6. The van der Waals surface area contributed by atoms with Crippen LogP contribution in [-0.2, 0) is 10.0 Å². The largest absolute Gasteiger partial charge is 0.316 e. The van der Waals surface area contributed by atoms with Crippen molar-refractivity contribution in [3.05, 3.63) is 67.2 Å². The number of benzene rings is 2. The van der Waals surface area contributed by atoms with E-state index in [2.05, 4.69) is 14.7 Å². The zero-order chi connectivity index (χ0) is 17.5. The molecule has 0 amide bonds. The zero-order valence-corrected chi connectivity index (χ0v) is 14.1. The normalized spacial score (nSPS) is 11.6. The van der Waals surface area contributed by atoms with Gasteiger partial charge in [0.1, 0.15) is 0 Å². The number of halogens is 2. The van der Waals surface area contributed by atoms with Crippen LogP contribution in [0.4, 0.5) is 5.69 Å². The quantitative estimate of drug-likeness (QED) is 0.600. The molecule has 0 atom stereocenters. The number of rotatable bonds is 3. The number of anilines is 1. The van der Waals surface area contributed by atoms with E-state index in [1.54, 1.807) is 6.07 Å². The molecular formula is C14H9Cl2N3O4S. The molecule has 124 valence electrons. The molecule has 0 unspecified atom stereocenters. The fourth-order valence-corrected chi connectivity index (χ4v) is 3.55. The van der Waals surface area contributed by atoms with Gasteiger partial charge in [0.15, 0.2) is 0 Å². The lowest BCUT2D eigenvalue weighted by Gasteiger charge is -2.10. The lowest BCUT2D eigenvalue weighted by Crippen LogP contribution is -2.29. The molecule has 0 aliphatic carbocycles. The third-order valence-corrected chi connectivity index (χ3v) is 5.38. The topological polar surface area (TPSA) is 112 Å². The van der Waals surface area contributed by atoms with Gasteiger partial charge in [-0.05, 0) is 30.3 Å². The molecule has 7 nitrogen and oxygen atoms in total. The standard InChI is InChI=1S/C14H9Cl2N3O4S/c15-8-2-1-3-10(12(8)16)19-24(22,23)7-4-5-9-11(6-7)18-14(21)13(20)17-9/h1-6,19H,(H,17,20)(H,18,21). The maximum absolute atomic E-state index is 12.5. The van der Waals surface area contributed by atoms with Gasteiger partial charge in [-0.1, -0.05) is 29.3 Å². The summed E-state index contributed by atoms with van der Waals surface area (Å²) in [5.74, 6) is 0. The summed E-state index contributed by atoms with van der Waals surface area (Å²) >= 11 is 11.8. The van der Waals surface area contributed by atoms with E-state index < -0.39 is 21.1 Å². The maximum Gasteiger partial charge on any atom is 0.314 e. The molecule has 0 fully saturated rings. The molecule has 0 spiro atoms. The summed E-state index contributed by atoms with van der Waals surface area (Å²) in [5, 5.41) is 0.276. The minimum absolute atomic E-state index is 0.0706. The highest BCUT2D eigenvalue weighted by Gasteiger charge is 2.17. The zero-order valence-electron chi connectivity index (χ0n) is 11.8. The van der Waals surface area contributed by atoms with E-state index in [1.165, 1.54) is 30.3 Å². The van der Waals surface area contributed by atoms with E-state index in [0.29, 0.717) is 5.52 Å². The fraction of sp³-hybridized carbons (Fsp3) is 0. The Balaban J connectivity index is 2.08. The molecule has 3 aromatic rings. The summed E-state index contributed by atoms with van der Waals surface area (Å²) in [4.78, 5) is 27.2. The van der Waals surface area contributed by atoms with Crippen LogP contribution < -0.4 is 15.8 Å². The molecule has 0 bridgehead atoms. The van der Waals surface area contributed by atoms with Crippen LogP contribution in [0, 0.1) is 0 Å². The molecule has 1 heterocycles. The predicted molar refractivity (Wildman–Crippen MR) is 92.5 cm³/mol. The van der Waals surface area contributed by atoms with Gasteiger partial charge < -0.3 is 9.97 Å². The molecular weight excluding hydrogens is 377 g/mol. The van der Waals surface area contributed by atoms with Crippen molar-refractivity contribution in [2.24, 2.45) is 0 Å². The number of aromatic nitrogens is 2. The Kier molecular flexibility index (Phi) is 4.12. The van der Waals surface area contributed by atoms with E-state index in [-0.39, 0.29) is 26.1 Å². The summed E-state index contributed by atoms with van der Waals surface area (Å²) in [5.41, 5.74) is -1.08. The lowest BCUT2D eigenvalue weighted by molar-refractivity contribution is 0.601. The average molecular weight is 386 g/mol. The number of aromatic amines is 2. The van der Waals surface area contributed by atoms with Crippen LogP contribution in [-0.4, -0.2) is 18.4 Å². The van der Waals surface area contributed by atoms with Crippen LogP contribution in [0.2, 0.25) is 10.0 Å². The maximum atomic E-state index is 12.5. The molecule has 1 aromatic heterocycles. The van der Waals surface area contributed by atoms with E-state index >= 15 is 0 Å². The summed E-state index contributed by atoms with van der Waals surface area (Å²) in [6, 6.07) is 8.44. The molecule has 2 aromatic carbocycles. The molecule has 3 rings (SSSR count). The summed E-state index contributed by atoms with van der Waals surface area (Å²) in [6.07, 6.45) is 0. The number of H-pyrrole nitrogens is 2. The minimum Gasteiger partial charge on any atom is -0.316 e. The van der Waals surface area contributed by atoms with Crippen LogP contribution >= 0.6 is 23.2 Å². The Morgan fingerprint density at radius 2 is 1.58 bits per heavy atom. The Morgan fingerprint density at radius 3 is 2.29 bits per heavy atom. The molecule has 3 N–H and O–H groups in total. The average Bonchev–Trinajstić information content (AvgIpc) is 2.52. The van der Waals surface area contributed by atoms with Crippen molar-refractivity contribution in [3.8, 4) is 0 Å². The second-order valence-electron chi connectivity index (χ2n) is 4.82. The van der Waals surface area contributed by atoms with Gasteiger partial charge in [-0.2, -0.15) is 0 Å².